The molecule has 1 nitrogen and oxygen atoms in total. The van der Waals surface area contributed by atoms with Crippen LogP contribution in [-0.2, 0) is 11.8 Å². The van der Waals surface area contributed by atoms with E-state index in [1.54, 1.807) is 0 Å². The third-order valence-electron chi connectivity index (χ3n) is 12.4. The Morgan fingerprint density at radius 1 is 0.455 bits per heavy atom. The number of rotatable bonds is 4. The van der Waals surface area contributed by atoms with Gasteiger partial charge in [-0.3, -0.25) is 0 Å². The molecule has 0 bridgehead atoms. The molecular formula is C53H35NS. The minimum absolute atomic E-state index is 0.490. The van der Waals surface area contributed by atoms with E-state index in [-0.39, 0.29) is 0 Å². The van der Waals surface area contributed by atoms with Crippen molar-refractivity contribution in [2.24, 2.45) is 0 Å². The first kappa shape index (κ1) is 30.9. The van der Waals surface area contributed by atoms with Crippen LogP contribution in [-0.4, -0.2) is 0 Å². The van der Waals surface area contributed by atoms with Crippen LogP contribution in [0, 0.1) is 0 Å². The highest BCUT2D eigenvalue weighted by Crippen LogP contribution is 2.63. The summed E-state index contributed by atoms with van der Waals surface area (Å²) in [6, 6.07) is 68.7. The van der Waals surface area contributed by atoms with Gasteiger partial charge in [0.1, 0.15) is 0 Å². The van der Waals surface area contributed by atoms with Gasteiger partial charge >= 0.3 is 0 Å². The number of hydrogen-bond donors (Lipinski definition) is 0. The van der Waals surface area contributed by atoms with Gasteiger partial charge < -0.3 is 4.90 Å². The molecule has 0 fully saturated rings. The zero-order valence-electron chi connectivity index (χ0n) is 30.4. The van der Waals surface area contributed by atoms with Gasteiger partial charge in [-0.15, -0.1) is 11.3 Å². The zero-order valence-corrected chi connectivity index (χ0v) is 31.2. The van der Waals surface area contributed by atoms with Crippen LogP contribution in [0.3, 0.4) is 0 Å². The minimum atomic E-state index is -0.490. The van der Waals surface area contributed by atoms with Crippen molar-refractivity contribution >= 4 is 70.1 Å². The van der Waals surface area contributed by atoms with E-state index in [4.69, 9.17) is 0 Å². The first-order valence-electron chi connectivity index (χ1n) is 19.3. The van der Waals surface area contributed by atoms with Crippen LogP contribution in [0.15, 0.2) is 182 Å². The van der Waals surface area contributed by atoms with E-state index in [9.17, 15) is 0 Å². The molecule has 0 amide bonds. The Hall–Kier alpha value is -6.48. The third-order valence-corrected chi connectivity index (χ3v) is 13.6. The first-order chi connectivity index (χ1) is 27.2. The molecule has 1 aromatic heterocycles. The van der Waals surface area contributed by atoms with Gasteiger partial charge in [0.25, 0.3) is 0 Å². The number of aryl methyl sites for hydroxylation is 1. The Kier molecular flexibility index (Phi) is 6.47. The Bertz CT molecular complexity index is 3220. The van der Waals surface area contributed by atoms with E-state index in [1.165, 1.54) is 97.5 Å². The third kappa shape index (κ3) is 4.12. The van der Waals surface area contributed by atoms with Crippen molar-refractivity contribution in [1.82, 2.24) is 0 Å². The summed E-state index contributed by atoms with van der Waals surface area (Å²) in [5, 5.41) is 7.75. The number of benzene rings is 9. The van der Waals surface area contributed by atoms with Gasteiger partial charge in [-0.1, -0.05) is 146 Å². The quantitative estimate of drug-likeness (QED) is 0.175. The molecule has 0 N–H and O–H groups in total. The second-order valence-corrected chi connectivity index (χ2v) is 16.1. The van der Waals surface area contributed by atoms with Crippen molar-refractivity contribution in [3.05, 3.63) is 210 Å². The van der Waals surface area contributed by atoms with Gasteiger partial charge in [-0.05, 0) is 115 Å². The van der Waals surface area contributed by atoms with Crippen molar-refractivity contribution in [3.8, 4) is 22.3 Å². The Morgan fingerprint density at radius 3 is 1.93 bits per heavy atom. The van der Waals surface area contributed by atoms with Gasteiger partial charge in [0.05, 0.1) is 11.1 Å². The smallest absolute Gasteiger partial charge is 0.0729 e. The Balaban J connectivity index is 1.21. The summed E-state index contributed by atoms with van der Waals surface area (Å²) in [6.45, 7) is 2.32. The van der Waals surface area contributed by atoms with E-state index >= 15 is 0 Å². The van der Waals surface area contributed by atoms with Crippen molar-refractivity contribution in [2.75, 3.05) is 4.90 Å². The lowest BCUT2D eigenvalue weighted by Gasteiger charge is -2.41. The van der Waals surface area contributed by atoms with Crippen molar-refractivity contribution in [1.29, 1.82) is 0 Å². The molecule has 2 aliphatic rings. The van der Waals surface area contributed by atoms with E-state index < -0.39 is 5.41 Å². The lowest BCUT2D eigenvalue weighted by molar-refractivity contribution is 0.759. The fourth-order valence-electron chi connectivity index (χ4n) is 10.2. The summed E-state index contributed by atoms with van der Waals surface area (Å²) in [6.07, 6.45) is 0.956. The van der Waals surface area contributed by atoms with Crippen LogP contribution in [0.25, 0.3) is 64.0 Å². The molecule has 10 aromatic rings. The molecule has 1 atom stereocenters. The normalized spacial score (nSPS) is 15.1. The molecule has 1 heterocycles. The lowest BCUT2D eigenvalue weighted by atomic mass is 9.60. The average Bonchev–Trinajstić information content (AvgIpc) is 3.76. The largest absolute Gasteiger partial charge is 0.310 e. The van der Waals surface area contributed by atoms with Gasteiger partial charge in [-0.2, -0.15) is 0 Å². The highest BCUT2D eigenvalue weighted by molar-refractivity contribution is 7.25. The summed E-state index contributed by atoms with van der Waals surface area (Å²) < 4.78 is 2.63. The Labute approximate surface area is 324 Å². The van der Waals surface area contributed by atoms with Gasteiger partial charge in [0.2, 0.25) is 0 Å². The van der Waals surface area contributed by atoms with Crippen LogP contribution in [0.5, 0.6) is 0 Å². The standard InChI is InChI=1S/C53H35NS/c1-2-33-25-26-35-15-11-20-43-40-18-6-9-22-46(40)53(52(33)51(35)43)45-21-8-5-17-39(45)41-29-27-37(32-47(41)53)54(48-23-12-14-34-13-3-4-16-38(34)48)36-28-30-50-44(31-36)42-19-7-10-24-49(42)55-50/h3-32H,2H2,1H3. The van der Waals surface area contributed by atoms with Crippen molar-refractivity contribution < 1.29 is 0 Å². The molecule has 2 heteroatoms. The summed E-state index contributed by atoms with van der Waals surface area (Å²) in [7, 11) is 0. The second kappa shape index (κ2) is 11.5. The van der Waals surface area contributed by atoms with E-state index in [1.807, 2.05) is 11.3 Å². The van der Waals surface area contributed by atoms with Gasteiger partial charge in [0, 0.05) is 36.9 Å². The van der Waals surface area contributed by atoms with Crippen molar-refractivity contribution in [3.63, 3.8) is 0 Å². The van der Waals surface area contributed by atoms with Crippen LogP contribution >= 0.6 is 11.3 Å². The lowest BCUT2D eigenvalue weighted by Crippen LogP contribution is -2.33. The molecule has 2 aliphatic carbocycles. The predicted molar refractivity (Wildman–Crippen MR) is 235 cm³/mol. The topological polar surface area (TPSA) is 3.24 Å². The molecule has 0 radical (unpaired) electrons. The number of nitrogens with zero attached hydrogens (tertiary/aromatic N) is 1. The van der Waals surface area contributed by atoms with Crippen molar-refractivity contribution in [2.45, 2.75) is 18.8 Å². The molecule has 55 heavy (non-hydrogen) atoms. The van der Waals surface area contributed by atoms with E-state index in [2.05, 4.69) is 194 Å². The summed E-state index contributed by atoms with van der Waals surface area (Å²) in [5.41, 5.74) is 15.2. The maximum absolute atomic E-state index is 2.54. The van der Waals surface area contributed by atoms with E-state index in [0.29, 0.717) is 0 Å². The van der Waals surface area contributed by atoms with Crippen LogP contribution < -0.4 is 4.90 Å². The fraction of sp³-hybridized carbons (Fsp3) is 0.0566. The second-order valence-electron chi connectivity index (χ2n) is 15.0. The number of thiophene rings is 1. The number of anilines is 3. The highest BCUT2D eigenvalue weighted by Gasteiger charge is 2.51. The summed E-state index contributed by atoms with van der Waals surface area (Å²) in [5.74, 6) is 0. The Morgan fingerprint density at radius 2 is 1.07 bits per heavy atom. The summed E-state index contributed by atoms with van der Waals surface area (Å²) >= 11 is 1.87. The maximum atomic E-state index is 2.54. The molecule has 9 aromatic carbocycles. The molecule has 0 saturated heterocycles. The SMILES string of the molecule is CCc1ccc2cccc3c2c1C1(c2ccccc2-c2ccc(N(c4ccc5sc6ccccc6c5c4)c4cccc5ccccc45)cc21)c1ccccc1-3. The van der Waals surface area contributed by atoms with Crippen LogP contribution in [0.1, 0.15) is 34.7 Å². The number of fused-ring (bicyclic) bond motifs is 13. The predicted octanol–water partition coefficient (Wildman–Crippen LogP) is 14.7. The van der Waals surface area contributed by atoms with Crippen LogP contribution in [0.4, 0.5) is 17.1 Å². The molecule has 12 rings (SSSR count). The maximum Gasteiger partial charge on any atom is 0.0729 e. The fourth-order valence-corrected chi connectivity index (χ4v) is 11.3. The average molecular weight is 718 g/mol. The molecule has 1 unspecified atom stereocenters. The molecule has 258 valence electrons. The molecule has 0 saturated carbocycles. The highest BCUT2D eigenvalue weighted by atomic mass is 32.1. The molecular weight excluding hydrogens is 683 g/mol. The van der Waals surface area contributed by atoms with Gasteiger partial charge in [0.15, 0.2) is 0 Å². The van der Waals surface area contributed by atoms with Crippen LogP contribution in [0.2, 0.25) is 0 Å². The number of hydrogen-bond acceptors (Lipinski definition) is 2. The van der Waals surface area contributed by atoms with Gasteiger partial charge in [-0.25, -0.2) is 0 Å². The molecule has 1 spiro atoms. The summed E-state index contributed by atoms with van der Waals surface area (Å²) in [4.78, 5) is 2.51. The monoisotopic (exact) mass is 717 g/mol. The van der Waals surface area contributed by atoms with E-state index in [0.717, 1.165) is 17.8 Å². The minimum Gasteiger partial charge on any atom is -0.310 e. The first-order valence-corrected chi connectivity index (χ1v) is 20.1. The molecule has 0 aliphatic heterocycles. The zero-order chi connectivity index (χ0) is 36.3.